The van der Waals surface area contributed by atoms with E-state index in [4.69, 9.17) is 0 Å². The molecule has 0 bridgehead atoms. The monoisotopic (exact) mass is 292 g/mol. The summed E-state index contributed by atoms with van der Waals surface area (Å²) in [6.07, 6.45) is 4.50. The van der Waals surface area contributed by atoms with E-state index < -0.39 is 0 Å². The van der Waals surface area contributed by atoms with Gasteiger partial charge < -0.3 is 15.6 Å². The molecular formula is C11H18Cl2N4O. The van der Waals surface area contributed by atoms with Gasteiger partial charge in [0.1, 0.15) is 5.82 Å². The second kappa shape index (κ2) is 6.31. The van der Waals surface area contributed by atoms with Crippen LogP contribution in [0.3, 0.4) is 0 Å². The number of rotatable bonds is 1. The molecule has 0 saturated carbocycles. The highest BCUT2D eigenvalue weighted by Crippen LogP contribution is 2.33. The van der Waals surface area contributed by atoms with Crippen LogP contribution in [0.1, 0.15) is 18.5 Å². The van der Waals surface area contributed by atoms with Crippen LogP contribution in [-0.4, -0.2) is 29.6 Å². The maximum Gasteiger partial charge on any atom is 0.324 e. The Bertz CT molecular complexity index is 474. The maximum atomic E-state index is 11.3. The smallest absolute Gasteiger partial charge is 0.324 e. The molecule has 3 heterocycles. The molecule has 0 amide bonds. The van der Waals surface area contributed by atoms with Gasteiger partial charge in [-0.3, -0.25) is 4.98 Å². The van der Waals surface area contributed by atoms with Crippen molar-refractivity contribution in [3.8, 4) is 0 Å². The van der Waals surface area contributed by atoms with E-state index >= 15 is 0 Å². The van der Waals surface area contributed by atoms with Crippen molar-refractivity contribution in [3.63, 3.8) is 0 Å². The van der Waals surface area contributed by atoms with Crippen LogP contribution >= 0.6 is 24.8 Å². The SMILES string of the molecule is Cl.Cl.O=c1[nH]c2c([nH]1)C(C1CCNCC1)=CCN2. The number of hydrogen-bond acceptors (Lipinski definition) is 3. The Kier molecular flexibility index (Phi) is 5.31. The summed E-state index contributed by atoms with van der Waals surface area (Å²) < 4.78 is 0. The standard InChI is InChI=1S/C11H16N4O.2ClH/c16-11-14-9-8(3-6-13-10(9)15-11)7-1-4-12-5-2-7;;/h3,7,12-13H,1-2,4-6H2,(H2,14,15,16);2*1H. The van der Waals surface area contributed by atoms with E-state index in [0.717, 1.165) is 44.0 Å². The van der Waals surface area contributed by atoms with Crippen LogP contribution in [0.15, 0.2) is 10.9 Å². The molecule has 0 unspecified atom stereocenters. The number of imidazole rings is 1. The summed E-state index contributed by atoms with van der Waals surface area (Å²) in [5, 5.41) is 6.53. The number of aromatic amines is 2. The largest absolute Gasteiger partial charge is 0.366 e. The van der Waals surface area contributed by atoms with Gasteiger partial charge in [-0.15, -0.1) is 24.8 Å². The van der Waals surface area contributed by atoms with Crippen LogP contribution < -0.4 is 16.3 Å². The van der Waals surface area contributed by atoms with Gasteiger partial charge in [0.15, 0.2) is 0 Å². The number of piperidine rings is 1. The molecule has 5 nitrogen and oxygen atoms in total. The molecule has 0 aromatic carbocycles. The lowest BCUT2D eigenvalue weighted by atomic mass is 9.87. The lowest BCUT2D eigenvalue weighted by molar-refractivity contribution is 0.445. The first kappa shape index (κ1) is 15.1. The zero-order chi connectivity index (χ0) is 11.0. The maximum absolute atomic E-state index is 11.3. The number of aromatic nitrogens is 2. The zero-order valence-corrected chi connectivity index (χ0v) is 11.5. The Balaban J connectivity index is 0.000000810. The summed E-state index contributed by atoms with van der Waals surface area (Å²) >= 11 is 0. The Hall–Kier alpha value is -0.910. The van der Waals surface area contributed by atoms with Crippen molar-refractivity contribution in [2.24, 2.45) is 5.92 Å². The van der Waals surface area contributed by atoms with Gasteiger partial charge >= 0.3 is 5.69 Å². The molecule has 102 valence electrons. The number of nitrogens with one attached hydrogen (secondary N) is 4. The molecule has 0 atom stereocenters. The second-order valence-electron chi connectivity index (χ2n) is 4.39. The normalized spacial score (nSPS) is 18.8. The first-order valence-corrected chi connectivity index (χ1v) is 5.82. The Morgan fingerprint density at radius 1 is 1.11 bits per heavy atom. The third-order valence-electron chi connectivity index (χ3n) is 3.40. The van der Waals surface area contributed by atoms with Gasteiger partial charge in [-0.05, 0) is 37.4 Å². The van der Waals surface area contributed by atoms with E-state index in [1.165, 1.54) is 5.57 Å². The summed E-state index contributed by atoms with van der Waals surface area (Å²) in [4.78, 5) is 17.0. The van der Waals surface area contributed by atoms with Crippen LogP contribution in [0.2, 0.25) is 0 Å². The van der Waals surface area contributed by atoms with Crippen LogP contribution in [0.4, 0.5) is 5.82 Å². The molecule has 0 aliphatic carbocycles. The first-order valence-electron chi connectivity index (χ1n) is 5.82. The van der Waals surface area contributed by atoms with Gasteiger partial charge in [-0.25, -0.2) is 4.79 Å². The number of anilines is 1. The third kappa shape index (κ3) is 2.74. The fourth-order valence-electron chi connectivity index (χ4n) is 2.60. The minimum absolute atomic E-state index is 0. The van der Waals surface area contributed by atoms with E-state index in [-0.39, 0.29) is 30.5 Å². The molecule has 7 heteroatoms. The van der Waals surface area contributed by atoms with Crippen LogP contribution in [0, 0.1) is 5.92 Å². The fourth-order valence-corrected chi connectivity index (χ4v) is 2.60. The van der Waals surface area contributed by atoms with Gasteiger partial charge in [0.05, 0.1) is 5.69 Å². The van der Waals surface area contributed by atoms with Gasteiger partial charge in [0.25, 0.3) is 0 Å². The highest BCUT2D eigenvalue weighted by Gasteiger charge is 2.24. The number of fused-ring (bicyclic) bond motifs is 1. The molecule has 1 saturated heterocycles. The summed E-state index contributed by atoms with van der Waals surface area (Å²) in [5.74, 6) is 1.43. The molecule has 0 radical (unpaired) electrons. The van der Waals surface area contributed by atoms with E-state index in [0.29, 0.717) is 5.92 Å². The lowest BCUT2D eigenvalue weighted by Crippen LogP contribution is -2.29. The second-order valence-corrected chi connectivity index (χ2v) is 4.39. The van der Waals surface area contributed by atoms with Crippen LogP contribution in [-0.2, 0) is 0 Å². The highest BCUT2D eigenvalue weighted by atomic mass is 35.5. The van der Waals surface area contributed by atoms with E-state index in [1.807, 2.05) is 0 Å². The summed E-state index contributed by atoms with van der Waals surface area (Å²) in [5.41, 5.74) is 2.14. The van der Waals surface area contributed by atoms with E-state index in [2.05, 4.69) is 26.7 Å². The van der Waals surface area contributed by atoms with Crippen molar-refractivity contribution in [2.45, 2.75) is 12.8 Å². The van der Waals surface area contributed by atoms with Crippen molar-refractivity contribution in [1.82, 2.24) is 15.3 Å². The van der Waals surface area contributed by atoms with Gasteiger partial charge in [0.2, 0.25) is 0 Å². The molecule has 2 aliphatic heterocycles. The van der Waals surface area contributed by atoms with Gasteiger partial charge in [0, 0.05) is 6.54 Å². The summed E-state index contributed by atoms with van der Waals surface area (Å²) in [7, 11) is 0. The van der Waals surface area contributed by atoms with Crippen molar-refractivity contribution in [3.05, 3.63) is 22.3 Å². The molecule has 0 spiro atoms. The number of allylic oxidation sites excluding steroid dienone is 1. The average molecular weight is 293 g/mol. The molecule has 3 rings (SSSR count). The zero-order valence-electron chi connectivity index (χ0n) is 9.91. The molecule has 4 N–H and O–H groups in total. The summed E-state index contributed by atoms with van der Waals surface area (Å²) in [6.45, 7) is 2.94. The van der Waals surface area contributed by atoms with Crippen LogP contribution in [0.5, 0.6) is 0 Å². The Morgan fingerprint density at radius 3 is 2.56 bits per heavy atom. The van der Waals surface area contributed by atoms with E-state index in [1.54, 1.807) is 0 Å². The predicted molar refractivity (Wildman–Crippen MR) is 78.0 cm³/mol. The molecular weight excluding hydrogens is 275 g/mol. The van der Waals surface area contributed by atoms with Gasteiger partial charge in [-0.1, -0.05) is 6.08 Å². The van der Waals surface area contributed by atoms with Crippen molar-refractivity contribution in [2.75, 3.05) is 25.0 Å². The minimum atomic E-state index is -0.126. The van der Waals surface area contributed by atoms with Crippen molar-refractivity contribution < 1.29 is 0 Å². The topological polar surface area (TPSA) is 72.7 Å². The third-order valence-corrected chi connectivity index (χ3v) is 3.40. The van der Waals surface area contributed by atoms with Crippen molar-refractivity contribution >= 4 is 36.2 Å². The molecule has 1 aromatic rings. The Morgan fingerprint density at radius 2 is 1.83 bits per heavy atom. The average Bonchev–Trinajstić information content (AvgIpc) is 2.70. The quantitative estimate of drug-likeness (QED) is 0.631. The molecule has 2 aliphatic rings. The molecule has 1 fully saturated rings. The summed E-state index contributed by atoms with van der Waals surface area (Å²) in [6, 6.07) is 0. The lowest BCUT2D eigenvalue weighted by Gasteiger charge is -2.27. The number of hydrogen-bond donors (Lipinski definition) is 4. The molecule has 18 heavy (non-hydrogen) atoms. The Labute approximate surface area is 118 Å². The number of halogens is 2. The molecule has 1 aromatic heterocycles. The first-order chi connectivity index (χ1) is 7.84. The fraction of sp³-hybridized carbons (Fsp3) is 0.545. The van der Waals surface area contributed by atoms with Crippen molar-refractivity contribution in [1.29, 1.82) is 0 Å². The number of H-pyrrole nitrogens is 2. The van der Waals surface area contributed by atoms with Gasteiger partial charge in [-0.2, -0.15) is 0 Å². The predicted octanol–water partition coefficient (Wildman–Crippen LogP) is 1.36. The minimum Gasteiger partial charge on any atom is -0.366 e. The van der Waals surface area contributed by atoms with Crippen LogP contribution in [0.25, 0.3) is 5.57 Å². The van der Waals surface area contributed by atoms with E-state index in [9.17, 15) is 4.79 Å². The highest BCUT2D eigenvalue weighted by molar-refractivity contribution is 5.85.